The summed E-state index contributed by atoms with van der Waals surface area (Å²) in [5.41, 5.74) is 1.91. The summed E-state index contributed by atoms with van der Waals surface area (Å²) >= 11 is 1.21. The molecule has 25 heavy (non-hydrogen) atoms. The second-order valence-corrected chi connectivity index (χ2v) is 6.17. The SMILES string of the molecule is O=C(CSc1n[nH]c2nc3ccccc3n12)Nc1ccc(F)c(F)c1. The third-order valence-electron chi connectivity index (χ3n) is 3.54. The molecule has 1 amide bonds. The highest BCUT2D eigenvalue weighted by molar-refractivity contribution is 7.99. The topological polar surface area (TPSA) is 75.1 Å². The van der Waals surface area contributed by atoms with Gasteiger partial charge in [0.1, 0.15) is 0 Å². The highest BCUT2D eigenvalue weighted by Gasteiger charge is 2.14. The number of imidazole rings is 1. The summed E-state index contributed by atoms with van der Waals surface area (Å²) in [6.07, 6.45) is 0. The number of aromatic amines is 1. The molecule has 0 saturated carbocycles. The molecule has 0 spiro atoms. The Labute approximate surface area is 144 Å². The Morgan fingerprint density at radius 1 is 1.20 bits per heavy atom. The predicted molar refractivity (Wildman–Crippen MR) is 90.6 cm³/mol. The third-order valence-corrected chi connectivity index (χ3v) is 4.48. The number of carbonyl (C=O) groups excluding carboxylic acids is 1. The lowest BCUT2D eigenvalue weighted by Gasteiger charge is -2.05. The van der Waals surface area contributed by atoms with Gasteiger partial charge in [-0.15, -0.1) is 5.10 Å². The van der Waals surface area contributed by atoms with Crippen LogP contribution in [0.5, 0.6) is 0 Å². The number of H-pyrrole nitrogens is 1. The number of amides is 1. The first-order valence-electron chi connectivity index (χ1n) is 7.31. The van der Waals surface area contributed by atoms with Crippen LogP contribution < -0.4 is 5.32 Å². The van der Waals surface area contributed by atoms with Gasteiger partial charge in [0.05, 0.1) is 16.8 Å². The number of nitrogens with zero attached hydrogens (tertiary/aromatic N) is 3. The molecule has 6 nitrogen and oxygen atoms in total. The number of nitrogens with one attached hydrogen (secondary N) is 2. The summed E-state index contributed by atoms with van der Waals surface area (Å²) < 4.78 is 27.9. The van der Waals surface area contributed by atoms with Crippen LogP contribution in [0.15, 0.2) is 47.6 Å². The van der Waals surface area contributed by atoms with Crippen LogP contribution >= 0.6 is 11.8 Å². The monoisotopic (exact) mass is 359 g/mol. The van der Waals surface area contributed by atoms with E-state index < -0.39 is 11.6 Å². The van der Waals surface area contributed by atoms with Crippen molar-refractivity contribution in [3.05, 3.63) is 54.1 Å². The first-order chi connectivity index (χ1) is 12.1. The molecule has 0 saturated heterocycles. The van der Waals surface area contributed by atoms with Crippen molar-refractivity contribution in [2.45, 2.75) is 5.16 Å². The molecule has 9 heteroatoms. The number of hydrogen-bond donors (Lipinski definition) is 2. The van der Waals surface area contributed by atoms with E-state index in [2.05, 4.69) is 20.5 Å². The summed E-state index contributed by atoms with van der Waals surface area (Å²) in [5.74, 6) is -1.67. The average Bonchev–Trinajstić information content (AvgIpc) is 3.15. The molecule has 0 aliphatic carbocycles. The van der Waals surface area contributed by atoms with Crippen LogP contribution in [0.25, 0.3) is 16.8 Å². The summed E-state index contributed by atoms with van der Waals surface area (Å²) in [6, 6.07) is 10.8. The van der Waals surface area contributed by atoms with Crippen molar-refractivity contribution in [1.29, 1.82) is 0 Å². The largest absolute Gasteiger partial charge is 0.325 e. The zero-order valence-electron chi connectivity index (χ0n) is 12.7. The first-order valence-corrected chi connectivity index (χ1v) is 8.29. The first kappa shape index (κ1) is 15.6. The number of benzene rings is 2. The van der Waals surface area contributed by atoms with Crippen LogP contribution in [0.4, 0.5) is 14.5 Å². The lowest BCUT2D eigenvalue weighted by molar-refractivity contribution is -0.113. The van der Waals surface area contributed by atoms with Gasteiger partial charge in [-0.1, -0.05) is 23.9 Å². The maximum absolute atomic E-state index is 13.2. The number of aromatic nitrogens is 4. The molecule has 2 heterocycles. The van der Waals surface area contributed by atoms with E-state index in [0.29, 0.717) is 10.9 Å². The lowest BCUT2D eigenvalue weighted by Crippen LogP contribution is -2.14. The minimum Gasteiger partial charge on any atom is -0.325 e. The highest BCUT2D eigenvalue weighted by Crippen LogP contribution is 2.23. The number of para-hydroxylation sites is 2. The highest BCUT2D eigenvalue weighted by atomic mass is 32.2. The molecular formula is C16H11F2N5OS. The van der Waals surface area contributed by atoms with Gasteiger partial charge in [0.15, 0.2) is 16.8 Å². The van der Waals surface area contributed by atoms with Gasteiger partial charge in [-0.25, -0.2) is 18.9 Å². The van der Waals surface area contributed by atoms with Crippen LogP contribution in [-0.2, 0) is 4.79 Å². The zero-order valence-corrected chi connectivity index (χ0v) is 13.5. The van der Waals surface area contributed by atoms with Crippen LogP contribution in [0, 0.1) is 11.6 Å². The second-order valence-electron chi connectivity index (χ2n) is 5.23. The molecule has 0 bridgehead atoms. The molecular weight excluding hydrogens is 348 g/mol. The van der Waals surface area contributed by atoms with E-state index in [9.17, 15) is 13.6 Å². The molecule has 0 fully saturated rings. The molecule has 0 aliphatic heterocycles. The van der Waals surface area contributed by atoms with Crippen molar-refractivity contribution in [2.24, 2.45) is 0 Å². The van der Waals surface area contributed by atoms with Crippen molar-refractivity contribution < 1.29 is 13.6 Å². The number of rotatable bonds is 4. The molecule has 2 aromatic heterocycles. The van der Waals surface area contributed by atoms with Gasteiger partial charge in [-0.3, -0.25) is 9.20 Å². The van der Waals surface area contributed by atoms with E-state index in [1.807, 2.05) is 28.7 Å². The molecule has 4 aromatic rings. The Kier molecular flexibility index (Phi) is 3.85. The van der Waals surface area contributed by atoms with Crippen molar-refractivity contribution >= 4 is 40.2 Å². The van der Waals surface area contributed by atoms with Crippen LogP contribution in [0.3, 0.4) is 0 Å². The fourth-order valence-corrected chi connectivity index (χ4v) is 3.20. The summed E-state index contributed by atoms with van der Waals surface area (Å²) in [5, 5.41) is 10.1. The maximum atomic E-state index is 13.2. The quantitative estimate of drug-likeness (QED) is 0.549. The lowest BCUT2D eigenvalue weighted by atomic mass is 10.3. The molecule has 0 radical (unpaired) electrons. The van der Waals surface area contributed by atoms with Gasteiger partial charge >= 0.3 is 0 Å². The van der Waals surface area contributed by atoms with Gasteiger partial charge in [-0.2, -0.15) is 0 Å². The molecule has 4 rings (SSSR count). The molecule has 2 N–H and O–H groups in total. The van der Waals surface area contributed by atoms with Gasteiger partial charge in [0.25, 0.3) is 0 Å². The minimum absolute atomic E-state index is 0.0610. The minimum atomic E-state index is -1.01. The Bertz CT molecular complexity index is 1090. The van der Waals surface area contributed by atoms with Crippen LogP contribution in [0.1, 0.15) is 0 Å². The summed E-state index contributed by atoms with van der Waals surface area (Å²) in [4.78, 5) is 16.4. The van der Waals surface area contributed by atoms with E-state index in [4.69, 9.17) is 0 Å². The number of fused-ring (bicyclic) bond motifs is 3. The summed E-state index contributed by atoms with van der Waals surface area (Å²) in [6.45, 7) is 0. The third kappa shape index (κ3) is 2.93. The fraction of sp³-hybridized carbons (Fsp3) is 0.0625. The molecule has 0 aliphatic rings. The zero-order chi connectivity index (χ0) is 17.4. The maximum Gasteiger partial charge on any atom is 0.234 e. The fourth-order valence-electron chi connectivity index (χ4n) is 2.44. The smallest absolute Gasteiger partial charge is 0.234 e. The normalized spacial score (nSPS) is 11.3. The molecule has 2 aromatic carbocycles. The Hall–Kier alpha value is -2.94. The Morgan fingerprint density at radius 2 is 2.04 bits per heavy atom. The van der Waals surface area contributed by atoms with Crippen molar-refractivity contribution in [3.8, 4) is 0 Å². The van der Waals surface area contributed by atoms with Crippen molar-refractivity contribution in [1.82, 2.24) is 19.6 Å². The molecule has 0 atom stereocenters. The second kappa shape index (κ2) is 6.17. The Balaban J connectivity index is 1.50. The predicted octanol–water partition coefficient (Wildman–Crippen LogP) is 3.22. The van der Waals surface area contributed by atoms with Gasteiger partial charge < -0.3 is 5.32 Å². The van der Waals surface area contributed by atoms with Crippen molar-refractivity contribution in [2.75, 3.05) is 11.1 Å². The van der Waals surface area contributed by atoms with E-state index >= 15 is 0 Å². The van der Waals surface area contributed by atoms with Gasteiger partial charge in [-0.05, 0) is 24.3 Å². The van der Waals surface area contributed by atoms with Gasteiger partial charge in [0.2, 0.25) is 11.7 Å². The summed E-state index contributed by atoms with van der Waals surface area (Å²) in [7, 11) is 0. The number of halogens is 2. The van der Waals surface area contributed by atoms with Gasteiger partial charge in [0, 0.05) is 11.8 Å². The standard InChI is InChI=1S/C16H11F2N5OS/c17-10-6-5-9(7-11(10)18)19-14(24)8-25-16-22-21-15-20-12-3-1-2-4-13(12)23(15)16/h1-7H,8H2,(H,19,24)(H,20,21). The van der Waals surface area contributed by atoms with Crippen LogP contribution in [-0.4, -0.2) is 31.2 Å². The number of hydrogen-bond acceptors (Lipinski definition) is 4. The number of anilines is 1. The van der Waals surface area contributed by atoms with Crippen LogP contribution in [0.2, 0.25) is 0 Å². The average molecular weight is 359 g/mol. The number of thioether (sulfide) groups is 1. The van der Waals surface area contributed by atoms with E-state index in [1.54, 1.807) is 0 Å². The van der Waals surface area contributed by atoms with Crippen molar-refractivity contribution in [3.63, 3.8) is 0 Å². The number of carbonyl (C=O) groups is 1. The Morgan fingerprint density at radius 3 is 2.88 bits per heavy atom. The molecule has 126 valence electrons. The van der Waals surface area contributed by atoms with E-state index in [0.717, 1.165) is 23.2 Å². The van der Waals surface area contributed by atoms with E-state index in [-0.39, 0.29) is 17.3 Å². The van der Waals surface area contributed by atoms with E-state index in [1.165, 1.54) is 17.8 Å². The molecule has 0 unspecified atom stereocenters.